The first-order valence-corrected chi connectivity index (χ1v) is 10.6. The van der Waals surface area contributed by atoms with Gasteiger partial charge in [-0.05, 0) is 55.4 Å². The minimum atomic E-state index is -0.300. The molecule has 6 heteroatoms. The maximum absolute atomic E-state index is 13.8. The van der Waals surface area contributed by atoms with E-state index in [-0.39, 0.29) is 17.8 Å². The Kier molecular flexibility index (Phi) is 4.85. The van der Waals surface area contributed by atoms with Gasteiger partial charge < -0.3 is 9.42 Å². The van der Waals surface area contributed by atoms with Crippen LogP contribution in [0.25, 0.3) is 11.4 Å². The summed E-state index contributed by atoms with van der Waals surface area (Å²) in [5.74, 6) is 0.591. The van der Waals surface area contributed by atoms with Crippen molar-refractivity contribution in [3.05, 3.63) is 70.9 Å². The Bertz CT molecular complexity index is 1090. The Labute approximate surface area is 174 Å². The predicted octanol–water partition coefficient (Wildman–Crippen LogP) is 4.80. The lowest BCUT2D eigenvalue weighted by atomic mass is 10.1. The third kappa shape index (κ3) is 3.62. The number of benzene rings is 2. The van der Waals surface area contributed by atoms with E-state index in [1.54, 1.807) is 19.1 Å². The van der Waals surface area contributed by atoms with Gasteiger partial charge in [0.05, 0.1) is 6.04 Å². The van der Waals surface area contributed by atoms with Gasteiger partial charge in [0.2, 0.25) is 17.6 Å². The molecule has 1 unspecified atom stereocenters. The molecule has 2 aromatic carbocycles. The first kappa shape index (κ1) is 19.0. The molecule has 1 heterocycles. The molecule has 0 aliphatic heterocycles. The molecule has 1 fully saturated rings. The second kappa shape index (κ2) is 7.67. The third-order valence-electron chi connectivity index (χ3n) is 6.12. The molecular formula is C24H24FN3O2. The van der Waals surface area contributed by atoms with Crippen LogP contribution >= 0.6 is 0 Å². The predicted molar refractivity (Wildman–Crippen MR) is 110 cm³/mol. The largest absolute Gasteiger partial charge is 0.339 e. The van der Waals surface area contributed by atoms with Crippen molar-refractivity contribution in [2.75, 3.05) is 0 Å². The highest BCUT2D eigenvalue weighted by Gasteiger charge is 2.40. The van der Waals surface area contributed by atoms with Crippen LogP contribution in [-0.2, 0) is 17.6 Å². The quantitative estimate of drug-likeness (QED) is 0.591. The standard InChI is InChI=1S/C24H24FN3O2/c1-15-6-7-17(14-20(15)25)24-26-22(30-27-24)12-13-23(29)28(18-9-10-18)21-11-8-16-4-2-3-5-19(16)21/h2-7,14,18,21H,8-13H2,1H3. The van der Waals surface area contributed by atoms with Crippen molar-refractivity contribution >= 4 is 5.91 Å². The summed E-state index contributed by atoms with van der Waals surface area (Å²) in [4.78, 5) is 19.6. The van der Waals surface area contributed by atoms with Crippen LogP contribution in [0, 0.1) is 12.7 Å². The van der Waals surface area contributed by atoms with Gasteiger partial charge in [0.15, 0.2) is 0 Å². The summed E-state index contributed by atoms with van der Waals surface area (Å²) in [5, 5.41) is 3.96. The smallest absolute Gasteiger partial charge is 0.227 e. The minimum Gasteiger partial charge on any atom is -0.339 e. The van der Waals surface area contributed by atoms with E-state index >= 15 is 0 Å². The molecule has 0 radical (unpaired) electrons. The molecule has 0 saturated heterocycles. The molecule has 5 nitrogen and oxygen atoms in total. The van der Waals surface area contributed by atoms with E-state index in [0.717, 1.165) is 25.7 Å². The topological polar surface area (TPSA) is 59.2 Å². The first-order valence-electron chi connectivity index (χ1n) is 10.6. The summed E-state index contributed by atoms with van der Waals surface area (Å²) in [7, 11) is 0. The number of hydrogen-bond donors (Lipinski definition) is 0. The van der Waals surface area contributed by atoms with Crippen molar-refractivity contribution in [2.24, 2.45) is 0 Å². The van der Waals surface area contributed by atoms with E-state index in [9.17, 15) is 9.18 Å². The molecule has 0 N–H and O–H groups in total. The van der Waals surface area contributed by atoms with Gasteiger partial charge in [-0.15, -0.1) is 0 Å². The molecule has 30 heavy (non-hydrogen) atoms. The van der Waals surface area contributed by atoms with E-state index in [4.69, 9.17) is 4.52 Å². The van der Waals surface area contributed by atoms with Crippen LogP contribution in [0.4, 0.5) is 4.39 Å². The number of halogens is 1. The minimum absolute atomic E-state index is 0.139. The van der Waals surface area contributed by atoms with Gasteiger partial charge in [0.25, 0.3) is 0 Å². The van der Waals surface area contributed by atoms with Crippen molar-refractivity contribution in [3.63, 3.8) is 0 Å². The van der Waals surface area contributed by atoms with E-state index in [1.165, 1.54) is 17.2 Å². The number of nitrogens with zero attached hydrogens (tertiary/aromatic N) is 3. The van der Waals surface area contributed by atoms with Gasteiger partial charge >= 0.3 is 0 Å². The Morgan fingerprint density at radius 1 is 1.20 bits per heavy atom. The van der Waals surface area contributed by atoms with Crippen molar-refractivity contribution in [1.29, 1.82) is 0 Å². The summed E-state index contributed by atoms with van der Waals surface area (Å²) < 4.78 is 19.1. The molecule has 0 spiro atoms. The third-order valence-corrected chi connectivity index (χ3v) is 6.12. The fraction of sp³-hybridized carbons (Fsp3) is 0.375. The second-order valence-corrected chi connectivity index (χ2v) is 8.26. The summed E-state index contributed by atoms with van der Waals surface area (Å²) in [6, 6.07) is 13.8. The molecule has 1 saturated carbocycles. The molecule has 2 aliphatic rings. The van der Waals surface area contributed by atoms with E-state index in [2.05, 4.69) is 39.3 Å². The van der Waals surface area contributed by atoms with Crippen LogP contribution < -0.4 is 0 Å². The highest BCUT2D eigenvalue weighted by Crippen LogP contribution is 2.42. The van der Waals surface area contributed by atoms with Crippen molar-refractivity contribution < 1.29 is 13.7 Å². The number of fused-ring (bicyclic) bond motifs is 1. The Balaban J connectivity index is 1.27. The van der Waals surface area contributed by atoms with Crippen LogP contribution in [0.5, 0.6) is 0 Å². The monoisotopic (exact) mass is 405 g/mol. The normalized spacial score (nSPS) is 17.7. The molecular weight excluding hydrogens is 381 g/mol. The molecule has 5 rings (SSSR count). The fourth-order valence-electron chi connectivity index (χ4n) is 4.36. The number of carbonyl (C=O) groups excluding carboxylic acids is 1. The number of rotatable bonds is 6. The van der Waals surface area contributed by atoms with Gasteiger partial charge in [0.1, 0.15) is 5.82 Å². The molecule has 3 aromatic rings. The Morgan fingerprint density at radius 2 is 2.03 bits per heavy atom. The van der Waals surface area contributed by atoms with E-state index < -0.39 is 0 Å². The molecule has 154 valence electrons. The second-order valence-electron chi connectivity index (χ2n) is 8.26. The summed E-state index contributed by atoms with van der Waals surface area (Å²) in [5.41, 5.74) is 3.79. The maximum Gasteiger partial charge on any atom is 0.227 e. The van der Waals surface area contributed by atoms with Crippen LogP contribution in [0.3, 0.4) is 0 Å². The lowest BCUT2D eigenvalue weighted by Gasteiger charge is -2.30. The van der Waals surface area contributed by atoms with Gasteiger partial charge in [-0.1, -0.05) is 41.6 Å². The Hall–Kier alpha value is -3.02. The highest BCUT2D eigenvalue weighted by atomic mass is 19.1. The van der Waals surface area contributed by atoms with Gasteiger partial charge in [0, 0.05) is 24.4 Å². The summed E-state index contributed by atoms with van der Waals surface area (Å²) >= 11 is 0. The SMILES string of the molecule is Cc1ccc(-c2noc(CCC(=O)N(C3CC3)C3CCc4ccccc43)n2)cc1F. The van der Waals surface area contributed by atoms with Crippen molar-refractivity contribution in [3.8, 4) is 11.4 Å². The lowest BCUT2D eigenvalue weighted by Crippen LogP contribution is -2.36. The zero-order valence-electron chi connectivity index (χ0n) is 17.0. The van der Waals surface area contributed by atoms with Crippen LogP contribution in [0.15, 0.2) is 47.0 Å². The van der Waals surface area contributed by atoms with E-state index in [0.29, 0.717) is 41.7 Å². The van der Waals surface area contributed by atoms with Crippen LogP contribution in [0.1, 0.15) is 54.3 Å². The van der Waals surface area contributed by atoms with Gasteiger partial charge in [-0.2, -0.15) is 4.98 Å². The summed E-state index contributed by atoms with van der Waals surface area (Å²) in [6.07, 6.45) is 4.89. The van der Waals surface area contributed by atoms with Crippen LogP contribution in [-0.4, -0.2) is 27.0 Å². The van der Waals surface area contributed by atoms with Crippen molar-refractivity contribution in [2.45, 2.75) is 57.5 Å². The Morgan fingerprint density at radius 3 is 2.83 bits per heavy atom. The summed E-state index contributed by atoms with van der Waals surface area (Å²) in [6.45, 7) is 1.71. The fourth-order valence-corrected chi connectivity index (χ4v) is 4.36. The number of carbonyl (C=O) groups is 1. The number of amides is 1. The van der Waals surface area contributed by atoms with Gasteiger partial charge in [-0.25, -0.2) is 4.39 Å². The maximum atomic E-state index is 13.8. The zero-order chi connectivity index (χ0) is 20.7. The average molecular weight is 405 g/mol. The van der Waals surface area contributed by atoms with Gasteiger partial charge in [-0.3, -0.25) is 4.79 Å². The number of aromatic nitrogens is 2. The first-order chi connectivity index (χ1) is 14.6. The average Bonchev–Trinajstić information content (AvgIpc) is 3.31. The zero-order valence-corrected chi connectivity index (χ0v) is 17.0. The molecule has 2 aliphatic carbocycles. The number of aryl methyl sites for hydroxylation is 3. The molecule has 1 amide bonds. The van der Waals surface area contributed by atoms with E-state index in [1.807, 2.05) is 0 Å². The lowest BCUT2D eigenvalue weighted by molar-refractivity contribution is -0.134. The number of hydrogen-bond acceptors (Lipinski definition) is 4. The van der Waals surface area contributed by atoms with Crippen molar-refractivity contribution in [1.82, 2.24) is 15.0 Å². The molecule has 1 atom stereocenters. The van der Waals surface area contributed by atoms with Crippen LogP contribution in [0.2, 0.25) is 0 Å². The molecule has 0 bridgehead atoms. The molecule has 1 aromatic heterocycles. The highest BCUT2D eigenvalue weighted by molar-refractivity contribution is 5.78.